The second-order valence-corrected chi connectivity index (χ2v) is 7.16. The number of aromatic hydroxyl groups is 1. The molecule has 0 radical (unpaired) electrons. The quantitative estimate of drug-likeness (QED) is 0.361. The smallest absolute Gasteiger partial charge is 0.185 e. The van der Waals surface area contributed by atoms with Crippen molar-refractivity contribution < 1.29 is 14.6 Å². The zero-order chi connectivity index (χ0) is 21.2. The van der Waals surface area contributed by atoms with E-state index < -0.39 is 0 Å². The molecule has 0 spiro atoms. The third-order valence-electron chi connectivity index (χ3n) is 4.79. The van der Waals surface area contributed by atoms with E-state index in [4.69, 9.17) is 4.74 Å². The molecule has 0 aromatic heterocycles. The van der Waals surface area contributed by atoms with Gasteiger partial charge >= 0.3 is 0 Å². The van der Waals surface area contributed by atoms with Crippen molar-refractivity contribution in [3.8, 4) is 11.5 Å². The van der Waals surface area contributed by atoms with Gasteiger partial charge in [0.05, 0.1) is 12.2 Å². The Balaban J connectivity index is 2.45. The first-order valence-electron chi connectivity index (χ1n) is 10.6. The molecule has 2 aromatic carbocycles. The number of rotatable bonds is 11. The average molecular weight is 396 g/mol. The Kier molecular flexibility index (Phi) is 8.78. The van der Waals surface area contributed by atoms with Crippen LogP contribution in [0.3, 0.4) is 0 Å². The van der Waals surface area contributed by atoms with Crippen LogP contribution >= 0.6 is 0 Å². The van der Waals surface area contributed by atoms with Crippen LogP contribution < -0.4 is 10.1 Å². The number of phenols is 1. The Morgan fingerprint density at radius 2 is 1.69 bits per heavy atom. The Morgan fingerprint density at radius 3 is 2.28 bits per heavy atom. The summed E-state index contributed by atoms with van der Waals surface area (Å²) in [5.74, 6) is 0.805. The van der Waals surface area contributed by atoms with Crippen molar-refractivity contribution in [1.82, 2.24) is 0 Å². The standard InChI is InChI=1S/C25H33NO3/c1-5-8-19-17-20(9-6-2)25(29-16-7-3)22(24(19)28)14-15-23(27)18-10-12-21(26-4)13-11-18/h10-15,17,26,28H,5-9,16H2,1-4H3. The van der Waals surface area contributed by atoms with E-state index >= 15 is 0 Å². The largest absolute Gasteiger partial charge is 0.507 e. The Labute approximate surface area is 174 Å². The van der Waals surface area contributed by atoms with Crippen LogP contribution in [0, 0.1) is 0 Å². The number of phenolic OH excluding ortho intramolecular Hbond substituents is 1. The minimum Gasteiger partial charge on any atom is -0.507 e. The zero-order valence-corrected chi connectivity index (χ0v) is 18.0. The lowest BCUT2D eigenvalue weighted by atomic mass is 9.96. The Morgan fingerprint density at radius 1 is 1.03 bits per heavy atom. The first-order chi connectivity index (χ1) is 14.0. The summed E-state index contributed by atoms with van der Waals surface area (Å²) in [6.07, 6.45) is 7.68. The van der Waals surface area contributed by atoms with Gasteiger partial charge in [-0.05, 0) is 72.9 Å². The maximum atomic E-state index is 12.6. The van der Waals surface area contributed by atoms with Gasteiger partial charge in [-0.15, -0.1) is 0 Å². The number of hydrogen-bond donors (Lipinski definition) is 2. The second-order valence-electron chi connectivity index (χ2n) is 7.16. The first-order valence-corrected chi connectivity index (χ1v) is 10.6. The van der Waals surface area contributed by atoms with Gasteiger partial charge in [0.15, 0.2) is 5.78 Å². The predicted molar refractivity (Wildman–Crippen MR) is 121 cm³/mol. The lowest BCUT2D eigenvalue weighted by molar-refractivity contribution is 0.104. The van der Waals surface area contributed by atoms with Crippen LogP contribution in [0.15, 0.2) is 36.4 Å². The van der Waals surface area contributed by atoms with E-state index in [-0.39, 0.29) is 11.5 Å². The summed E-state index contributed by atoms with van der Waals surface area (Å²) in [6.45, 7) is 6.85. The molecule has 4 nitrogen and oxygen atoms in total. The number of ketones is 1. The molecule has 0 unspecified atom stereocenters. The summed E-state index contributed by atoms with van der Waals surface area (Å²) in [4.78, 5) is 12.6. The first kappa shape index (κ1) is 22.5. The molecular formula is C25H33NO3. The molecule has 0 saturated heterocycles. The van der Waals surface area contributed by atoms with E-state index in [1.54, 1.807) is 18.2 Å². The van der Waals surface area contributed by atoms with Crippen LogP contribution in [0.2, 0.25) is 0 Å². The molecule has 29 heavy (non-hydrogen) atoms. The van der Waals surface area contributed by atoms with Crippen molar-refractivity contribution in [3.63, 3.8) is 0 Å². The minimum atomic E-state index is -0.105. The number of anilines is 1. The summed E-state index contributed by atoms with van der Waals surface area (Å²) in [5, 5.41) is 13.9. The van der Waals surface area contributed by atoms with Gasteiger partial charge in [-0.2, -0.15) is 0 Å². The molecule has 156 valence electrons. The fourth-order valence-corrected chi connectivity index (χ4v) is 3.30. The maximum absolute atomic E-state index is 12.6. The molecule has 4 heteroatoms. The molecule has 2 rings (SSSR count). The number of benzene rings is 2. The monoisotopic (exact) mass is 395 g/mol. The summed E-state index contributed by atoms with van der Waals surface area (Å²) < 4.78 is 6.02. The highest BCUT2D eigenvalue weighted by Crippen LogP contribution is 2.38. The molecule has 0 aliphatic heterocycles. The highest BCUT2D eigenvalue weighted by atomic mass is 16.5. The number of hydrogen-bond acceptors (Lipinski definition) is 4. The van der Waals surface area contributed by atoms with Crippen LogP contribution in [-0.4, -0.2) is 24.5 Å². The summed E-state index contributed by atoms with van der Waals surface area (Å²) >= 11 is 0. The molecule has 2 aromatic rings. The molecule has 0 saturated carbocycles. The lowest BCUT2D eigenvalue weighted by Crippen LogP contribution is -2.04. The molecule has 0 atom stereocenters. The predicted octanol–water partition coefficient (Wildman–Crippen LogP) is 6.02. The fourth-order valence-electron chi connectivity index (χ4n) is 3.30. The fraction of sp³-hybridized carbons (Fsp3) is 0.400. The highest BCUT2D eigenvalue weighted by molar-refractivity contribution is 6.07. The summed E-state index contributed by atoms with van der Waals surface area (Å²) in [6, 6.07) is 9.39. The van der Waals surface area contributed by atoms with Crippen molar-refractivity contribution in [1.29, 1.82) is 0 Å². The van der Waals surface area contributed by atoms with Gasteiger partial charge in [-0.3, -0.25) is 4.79 Å². The molecule has 0 aliphatic rings. The molecule has 0 bridgehead atoms. The normalized spacial score (nSPS) is 11.0. The summed E-state index contributed by atoms with van der Waals surface area (Å²) in [5.41, 5.74) is 4.16. The summed E-state index contributed by atoms with van der Waals surface area (Å²) in [7, 11) is 1.84. The number of ether oxygens (including phenoxy) is 1. The average Bonchev–Trinajstić information content (AvgIpc) is 2.74. The number of aryl methyl sites for hydroxylation is 2. The maximum Gasteiger partial charge on any atom is 0.185 e. The number of allylic oxidation sites excluding steroid dienone is 1. The molecule has 0 heterocycles. The van der Waals surface area contributed by atoms with Crippen LogP contribution in [0.4, 0.5) is 5.69 Å². The Hall–Kier alpha value is -2.75. The number of carbonyl (C=O) groups excluding carboxylic acids is 1. The minimum absolute atomic E-state index is 0.105. The van der Waals surface area contributed by atoms with Gasteiger partial charge in [0.2, 0.25) is 0 Å². The second kappa shape index (κ2) is 11.3. The van der Waals surface area contributed by atoms with E-state index in [0.29, 0.717) is 23.5 Å². The van der Waals surface area contributed by atoms with Crippen molar-refractivity contribution in [2.45, 2.75) is 52.9 Å². The number of carbonyl (C=O) groups is 1. The van der Waals surface area contributed by atoms with E-state index in [9.17, 15) is 9.90 Å². The zero-order valence-electron chi connectivity index (χ0n) is 18.0. The molecule has 0 amide bonds. The van der Waals surface area contributed by atoms with Gasteiger partial charge in [-0.1, -0.05) is 33.6 Å². The van der Waals surface area contributed by atoms with E-state index in [0.717, 1.165) is 48.9 Å². The molecule has 2 N–H and O–H groups in total. The van der Waals surface area contributed by atoms with E-state index in [1.807, 2.05) is 19.2 Å². The molecule has 0 fully saturated rings. The van der Waals surface area contributed by atoms with Crippen molar-refractivity contribution in [2.75, 3.05) is 19.0 Å². The van der Waals surface area contributed by atoms with Crippen LogP contribution in [0.1, 0.15) is 67.1 Å². The van der Waals surface area contributed by atoms with Crippen molar-refractivity contribution in [2.24, 2.45) is 0 Å². The van der Waals surface area contributed by atoms with Gasteiger partial charge in [0.25, 0.3) is 0 Å². The van der Waals surface area contributed by atoms with Crippen LogP contribution in [0.25, 0.3) is 6.08 Å². The van der Waals surface area contributed by atoms with Gasteiger partial charge < -0.3 is 15.2 Å². The third kappa shape index (κ3) is 5.86. The SMILES string of the molecule is CCCOc1c(CCC)cc(CCC)c(O)c1C=CC(=O)c1ccc(NC)cc1. The lowest BCUT2D eigenvalue weighted by Gasteiger charge is -2.18. The van der Waals surface area contributed by atoms with E-state index in [1.165, 1.54) is 6.08 Å². The Bertz CT molecular complexity index is 838. The van der Waals surface area contributed by atoms with Gasteiger partial charge in [0.1, 0.15) is 11.5 Å². The van der Waals surface area contributed by atoms with E-state index in [2.05, 4.69) is 32.2 Å². The third-order valence-corrected chi connectivity index (χ3v) is 4.79. The van der Waals surface area contributed by atoms with Gasteiger partial charge in [0, 0.05) is 18.3 Å². The topological polar surface area (TPSA) is 58.6 Å². The molecule has 0 aliphatic carbocycles. The van der Waals surface area contributed by atoms with Gasteiger partial charge in [-0.25, -0.2) is 0 Å². The van der Waals surface area contributed by atoms with Crippen LogP contribution in [0.5, 0.6) is 11.5 Å². The highest BCUT2D eigenvalue weighted by Gasteiger charge is 2.17. The number of nitrogens with one attached hydrogen (secondary N) is 1. The van der Waals surface area contributed by atoms with Crippen LogP contribution in [-0.2, 0) is 12.8 Å². The van der Waals surface area contributed by atoms with Crippen molar-refractivity contribution >= 4 is 17.5 Å². The molecular weight excluding hydrogens is 362 g/mol. The van der Waals surface area contributed by atoms with Crippen molar-refractivity contribution in [3.05, 3.63) is 58.7 Å².